The number of aromatic nitrogens is 2. The average molecular weight is 284 g/mol. The quantitative estimate of drug-likeness (QED) is 0.863. The highest BCUT2D eigenvalue weighted by Crippen LogP contribution is 2.18. The Labute approximate surface area is 122 Å². The highest BCUT2D eigenvalue weighted by Gasteiger charge is 2.20. The second-order valence-corrected chi connectivity index (χ2v) is 4.50. The molecule has 1 aromatic heterocycles. The molecule has 0 spiro atoms. The molecule has 6 nitrogen and oxygen atoms in total. The van der Waals surface area contributed by atoms with Gasteiger partial charge in [-0.2, -0.15) is 5.26 Å². The summed E-state index contributed by atoms with van der Waals surface area (Å²) >= 11 is 0. The van der Waals surface area contributed by atoms with Crippen molar-refractivity contribution in [3.05, 3.63) is 46.9 Å². The van der Waals surface area contributed by atoms with Gasteiger partial charge in [-0.3, -0.25) is 0 Å². The molecule has 0 bridgehead atoms. The molecular formula is C15H16N4O2. The number of ether oxygens (including phenoxy) is 1. The molecule has 0 aliphatic heterocycles. The van der Waals surface area contributed by atoms with E-state index in [4.69, 9.17) is 11.0 Å². The van der Waals surface area contributed by atoms with Gasteiger partial charge in [-0.05, 0) is 17.7 Å². The predicted octanol–water partition coefficient (Wildman–Crippen LogP) is 1.73. The van der Waals surface area contributed by atoms with Crippen LogP contribution in [0.2, 0.25) is 0 Å². The lowest BCUT2D eigenvalue weighted by atomic mass is 10.1. The van der Waals surface area contributed by atoms with Crippen molar-refractivity contribution < 1.29 is 9.53 Å². The summed E-state index contributed by atoms with van der Waals surface area (Å²) in [4.78, 5) is 15.9. The Hall–Kier alpha value is -2.81. The molecule has 0 amide bonds. The number of esters is 1. The van der Waals surface area contributed by atoms with Gasteiger partial charge in [0.15, 0.2) is 5.69 Å². The van der Waals surface area contributed by atoms with Crippen LogP contribution in [-0.4, -0.2) is 22.6 Å². The van der Waals surface area contributed by atoms with E-state index >= 15 is 0 Å². The molecule has 1 heterocycles. The molecule has 21 heavy (non-hydrogen) atoms. The third kappa shape index (κ3) is 2.87. The number of carbonyl (C=O) groups is 1. The number of carbonyl (C=O) groups excluding carboxylic acids is 1. The summed E-state index contributed by atoms with van der Waals surface area (Å²) in [5.41, 5.74) is 7.73. The van der Waals surface area contributed by atoms with Crippen molar-refractivity contribution in [1.82, 2.24) is 9.55 Å². The molecule has 0 atom stereocenters. The SMILES string of the molecule is CCc1nc(C(=O)OC)c(N)n1Cc1ccc(C#N)cc1. The van der Waals surface area contributed by atoms with Crippen molar-refractivity contribution in [3.8, 4) is 6.07 Å². The Morgan fingerprint density at radius 1 is 1.43 bits per heavy atom. The molecule has 2 N–H and O–H groups in total. The minimum absolute atomic E-state index is 0.142. The van der Waals surface area contributed by atoms with Gasteiger partial charge in [-0.15, -0.1) is 0 Å². The third-order valence-electron chi connectivity index (χ3n) is 3.20. The first-order chi connectivity index (χ1) is 10.1. The minimum Gasteiger partial charge on any atom is -0.464 e. The molecule has 0 aliphatic carbocycles. The van der Waals surface area contributed by atoms with Gasteiger partial charge in [0.05, 0.1) is 25.3 Å². The number of hydrogen-bond acceptors (Lipinski definition) is 5. The fourth-order valence-corrected chi connectivity index (χ4v) is 2.07. The number of aryl methyl sites for hydroxylation is 1. The molecule has 1 aromatic carbocycles. The van der Waals surface area contributed by atoms with E-state index in [0.29, 0.717) is 24.3 Å². The monoisotopic (exact) mass is 284 g/mol. The Morgan fingerprint density at radius 2 is 2.10 bits per heavy atom. The molecule has 0 saturated heterocycles. The number of anilines is 1. The van der Waals surface area contributed by atoms with Gasteiger partial charge in [-0.1, -0.05) is 19.1 Å². The molecule has 0 fully saturated rings. The molecular weight excluding hydrogens is 268 g/mol. The zero-order valence-corrected chi connectivity index (χ0v) is 12.0. The zero-order valence-electron chi connectivity index (χ0n) is 12.0. The highest BCUT2D eigenvalue weighted by molar-refractivity contribution is 5.92. The van der Waals surface area contributed by atoms with Crippen LogP contribution >= 0.6 is 0 Å². The van der Waals surface area contributed by atoms with E-state index in [9.17, 15) is 4.79 Å². The normalized spacial score (nSPS) is 10.1. The first kappa shape index (κ1) is 14.6. The number of hydrogen-bond donors (Lipinski definition) is 1. The number of nitrogens with zero attached hydrogens (tertiary/aromatic N) is 3. The summed E-state index contributed by atoms with van der Waals surface area (Å²) in [5, 5.41) is 8.80. The highest BCUT2D eigenvalue weighted by atomic mass is 16.5. The lowest BCUT2D eigenvalue weighted by Crippen LogP contribution is -2.10. The minimum atomic E-state index is -0.541. The van der Waals surface area contributed by atoms with Crippen LogP contribution < -0.4 is 5.73 Å². The molecule has 0 saturated carbocycles. The number of rotatable bonds is 4. The van der Waals surface area contributed by atoms with E-state index in [1.54, 1.807) is 16.7 Å². The van der Waals surface area contributed by atoms with E-state index in [-0.39, 0.29) is 5.69 Å². The zero-order chi connectivity index (χ0) is 15.4. The number of imidazole rings is 1. The Balaban J connectivity index is 2.36. The summed E-state index contributed by atoms with van der Waals surface area (Å²) < 4.78 is 6.46. The average Bonchev–Trinajstić information content (AvgIpc) is 2.84. The van der Waals surface area contributed by atoms with Crippen LogP contribution in [0.25, 0.3) is 0 Å². The van der Waals surface area contributed by atoms with Gasteiger partial charge in [-0.25, -0.2) is 9.78 Å². The Kier molecular flexibility index (Phi) is 4.24. The van der Waals surface area contributed by atoms with Gasteiger partial charge < -0.3 is 15.0 Å². The van der Waals surface area contributed by atoms with Gasteiger partial charge >= 0.3 is 5.97 Å². The van der Waals surface area contributed by atoms with E-state index in [1.807, 2.05) is 19.1 Å². The molecule has 0 radical (unpaired) electrons. The van der Waals surface area contributed by atoms with Crippen LogP contribution in [0.5, 0.6) is 0 Å². The van der Waals surface area contributed by atoms with Gasteiger partial charge in [0.25, 0.3) is 0 Å². The van der Waals surface area contributed by atoms with Crippen LogP contribution in [-0.2, 0) is 17.7 Å². The molecule has 108 valence electrons. The summed E-state index contributed by atoms with van der Waals surface area (Å²) in [5.74, 6) is 0.473. The lowest BCUT2D eigenvalue weighted by molar-refractivity contribution is 0.0595. The number of nitriles is 1. The smallest absolute Gasteiger partial charge is 0.360 e. The van der Waals surface area contributed by atoms with Gasteiger partial charge in [0.2, 0.25) is 0 Å². The molecule has 2 aromatic rings. The Bertz CT molecular complexity index is 696. The fourth-order valence-electron chi connectivity index (χ4n) is 2.07. The molecule has 0 unspecified atom stereocenters. The standard InChI is InChI=1S/C15H16N4O2/c1-3-12-18-13(15(20)21-2)14(17)19(12)9-11-6-4-10(8-16)5-7-11/h4-7H,3,9,17H2,1-2H3. The molecule has 2 rings (SSSR count). The van der Waals surface area contributed by atoms with E-state index in [0.717, 1.165) is 11.4 Å². The number of nitrogens with two attached hydrogens (primary N) is 1. The second kappa shape index (κ2) is 6.09. The van der Waals surface area contributed by atoms with Crippen LogP contribution in [0.3, 0.4) is 0 Å². The van der Waals surface area contributed by atoms with Crippen molar-refractivity contribution in [1.29, 1.82) is 5.26 Å². The Morgan fingerprint density at radius 3 is 2.62 bits per heavy atom. The second-order valence-electron chi connectivity index (χ2n) is 4.50. The summed E-state index contributed by atoms with van der Waals surface area (Å²) in [7, 11) is 1.30. The maximum absolute atomic E-state index is 11.6. The van der Waals surface area contributed by atoms with Crippen molar-refractivity contribution in [3.63, 3.8) is 0 Å². The van der Waals surface area contributed by atoms with E-state index in [2.05, 4.69) is 15.8 Å². The first-order valence-corrected chi connectivity index (χ1v) is 6.53. The lowest BCUT2D eigenvalue weighted by Gasteiger charge is -2.09. The largest absolute Gasteiger partial charge is 0.464 e. The van der Waals surface area contributed by atoms with Gasteiger partial charge in [0.1, 0.15) is 11.6 Å². The molecule has 6 heteroatoms. The van der Waals surface area contributed by atoms with Crippen LogP contribution in [0, 0.1) is 11.3 Å². The van der Waals surface area contributed by atoms with Crippen molar-refractivity contribution in [2.45, 2.75) is 19.9 Å². The summed E-state index contributed by atoms with van der Waals surface area (Å²) in [6, 6.07) is 9.28. The number of nitrogen functional groups attached to an aromatic ring is 1. The van der Waals surface area contributed by atoms with E-state index < -0.39 is 5.97 Å². The fraction of sp³-hybridized carbons (Fsp3) is 0.267. The third-order valence-corrected chi connectivity index (χ3v) is 3.20. The maximum atomic E-state index is 11.6. The maximum Gasteiger partial charge on any atom is 0.360 e. The van der Waals surface area contributed by atoms with Gasteiger partial charge in [0, 0.05) is 6.42 Å². The molecule has 0 aliphatic rings. The van der Waals surface area contributed by atoms with Crippen molar-refractivity contribution >= 4 is 11.8 Å². The predicted molar refractivity (Wildman–Crippen MR) is 77.6 cm³/mol. The van der Waals surface area contributed by atoms with Crippen molar-refractivity contribution in [2.24, 2.45) is 0 Å². The number of benzene rings is 1. The summed E-state index contributed by atoms with van der Waals surface area (Å²) in [6.07, 6.45) is 0.650. The van der Waals surface area contributed by atoms with E-state index in [1.165, 1.54) is 7.11 Å². The van der Waals surface area contributed by atoms with Crippen molar-refractivity contribution in [2.75, 3.05) is 12.8 Å². The van der Waals surface area contributed by atoms with Crippen LogP contribution in [0.4, 0.5) is 5.82 Å². The van der Waals surface area contributed by atoms with Crippen LogP contribution in [0.15, 0.2) is 24.3 Å². The first-order valence-electron chi connectivity index (χ1n) is 6.53. The number of methoxy groups -OCH3 is 1. The topological polar surface area (TPSA) is 93.9 Å². The summed E-state index contributed by atoms with van der Waals surface area (Å²) in [6.45, 7) is 2.43. The van der Waals surface area contributed by atoms with Crippen LogP contribution in [0.1, 0.15) is 34.4 Å².